The summed E-state index contributed by atoms with van der Waals surface area (Å²) >= 11 is 11.9. The maximum Gasteiger partial charge on any atom is 0.244 e. The van der Waals surface area contributed by atoms with Crippen LogP contribution in [0.2, 0.25) is 10.0 Å². The second-order valence-corrected chi connectivity index (χ2v) is 6.21. The van der Waals surface area contributed by atoms with Gasteiger partial charge in [-0.15, -0.1) is 0 Å². The van der Waals surface area contributed by atoms with Crippen molar-refractivity contribution in [2.45, 2.75) is 13.5 Å². The normalized spacial score (nSPS) is 11.3. The molecular weight excluding hydrogens is 345 g/mol. The molecule has 2 heterocycles. The van der Waals surface area contributed by atoms with Crippen molar-refractivity contribution in [1.82, 2.24) is 14.7 Å². The monoisotopic (exact) mass is 359 g/mol. The van der Waals surface area contributed by atoms with Gasteiger partial charge in [-0.1, -0.05) is 35.3 Å². The highest BCUT2D eigenvalue weighted by Gasteiger charge is 2.05. The van der Waals surface area contributed by atoms with Gasteiger partial charge in [0.15, 0.2) is 0 Å². The van der Waals surface area contributed by atoms with Crippen molar-refractivity contribution in [3.63, 3.8) is 0 Å². The molecule has 0 unspecified atom stereocenters. The molecule has 0 atom stereocenters. The number of hydrogen-bond donors (Lipinski definition) is 1. The summed E-state index contributed by atoms with van der Waals surface area (Å²) in [5.74, 6) is -0.213. The van der Waals surface area contributed by atoms with E-state index in [2.05, 4.69) is 10.3 Å². The third-order valence-electron chi connectivity index (χ3n) is 3.55. The molecule has 0 aliphatic rings. The highest BCUT2D eigenvalue weighted by Crippen LogP contribution is 2.21. The van der Waals surface area contributed by atoms with Crippen molar-refractivity contribution in [1.29, 1.82) is 0 Å². The summed E-state index contributed by atoms with van der Waals surface area (Å²) in [5.41, 5.74) is 3.52. The van der Waals surface area contributed by atoms with Gasteiger partial charge < -0.3 is 9.72 Å². The summed E-state index contributed by atoms with van der Waals surface area (Å²) in [6, 6.07) is 9.09. The van der Waals surface area contributed by atoms with Gasteiger partial charge in [0.05, 0.1) is 12.2 Å². The molecule has 2 aromatic heterocycles. The van der Waals surface area contributed by atoms with Crippen molar-refractivity contribution in [3.05, 3.63) is 75.7 Å². The first-order valence-electron chi connectivity index (χ1n) is 7.37. The molecule has 1 N–H and O–H groups in total. The average molecular weight is 360 g/mol. The zero-order chi connectivity index (χ0) is 17.1. The minimum atomic E-state index is -0.213. The van der Waals surface area contributed by atoms with Crippen LogP contribution in [-0.2, 0) is 11.3 Å². The van der Waals surface area contributed by atoms with Crippen LogP contribution in [0.1, 0.15) is 16.8 Å². The zero-order valence-electron chi connectivity index (χ0n) is 13.0. The van der Waals surface area contributed by atoms with E-state index >= 15 is 0 Å². The van der Waals surface area contributed by atoms with E-state index in [1.807, 2.05) is 35.9 Å². The smallest absolute Gasteiger partial charge is 0.244 e. The second kappa shape index (κ2) is 7.07. The molecule has 0 aliphatic heterocycles. The number of rotatable bonds is 4. The minimum Gasteiger partial charge on any atom is -0.347 e. The fourth-order valence-electron chi connectivity index (χ4n) is 2.33. The van der Waals surface area contributed by atoms with Gasteiger partial charge in [-0.25, -0.2) is 4.98 Å². The number of hydrogen-bond acceptors (Lipinski definition) is 2. The summed E-state index contributed by atoms with van der Waals surface area (Å²) in [6.07, 6.45) is 6.93. The molecule has 0 bridgehead atoms. The van der Waals surface area contributed by atoms with Crippen LogP contribution in [0.15, 0.2) is 48.8 Å². The quantitative estimate of drug-likeness (QED) is 0.706. The minimum absolute atomic E-state index is 0.213. The number of carbonyl (C=O) groups excluding carboxylic acids is 1. The molecule has 0 saturated heterocycles. The number of pyridine rings is 1. The van der Waals surface area contributed by atoms with E-state index in [1.54, 1.807) is 24.3 Å². The highest BCUT2D eigenvalue weighted by atomic mass is 35.5. The SMILES string of the molecule is Cc1cccn2cc(CNC(=O)/C=C/c3ccc(Cl)cc3Cl)nc12. The lowest BCUT2D eigenvalue weighted by molar-refractivity contribution is -0.116. The Balaban J connectivity index is 1.64. The first-order valence-corrected chi connectivity index (χ1v) is 8.13. The molecule has 3 rings (SSSR count). The molecule has 1 amide bonds. The molecule has 122 valence electrons. The van der Waals surface area contributed by atoms with E-state index in [-0.39, 0.29) is 5.91 Å². The lowest BCUT2D eigenvalue weighted by Gasteiger charge is -2.00. The largest absolute Gasteiger partial charge is 0.347 e. The number of halogens is 2. The van der Waals surface area contributed by atoms with Gasteiger partial charge in [-0.05, 0) is 42.3 Å². The van der Waals surface area contributed by atoms with Gasteiger partial charge in [0.2, 0.25) is 5.91 Å². The predicted molar refractivity (Wildman–Crippen MR) is 97.3 cm³/mol. The maximum atomic E-state index is 11.9. The number of aryl methyl sites for hydroxylation is 1. The Morgan fingerprint density at radius 2 is 2.17 bits per heavy atom. The third-order valence-corrected chi connectivity index (χ3v) is 4.11. The number of nitrogens with one attached hydrogen (secondary N) is 1. The van der Waals surface area contributed by atoms with E-state index in [0.29, 0.717) is 16.6 Å². The molecule has 6 heteroatoms. The lowest BCUT2D eigenvalue weighted by Crippen LogP contribution is -2.20. The summed E-state index contributed by atoms with van der Waals surface area (Å²) in [5, 5.41) is 3.87. The number of aromatic nitrogens is 2. The van der Waals surface area contributed by atoms with Crippen LogP contribution in [0.25, 0.3) is 11.7 Å². The molecule has 0 saturated carbocycles. The number of imidazole rings is 1. The summed E-state index contributed by atoms with van der Waals surface area (Å²) < 4.78 is 1.94. The summed E-state index contributed by atoms with van der Waals surface area (Å²) in [7, 11) is 0. The van der Waals surface area contributed by atoms with Gasteiger partial charge in [0.25, 0.3) is 0 Å². The fourth-order valence-corrected chi connectivity index (χ4v) is 2.80. The lowest BCUT2D eigenvalue weighted by atomic mass is 10.2. The van der Waals surface area contributed by atoms with Crippen LogP contribution >= 0.6 is 23.2 Å². The van der Waals surface area contributed by atoms with E-state index in [4.69, 9.17) is 23.2 Å². The van der Waals surface area contributed by atoms with Gasteiger partial charge in [-0.2, -0.15) is 0 Å². The number of nitrogens with zero attached hydrogens (tertiary/aromatic N) is 2. The Morgan fingerprint density at radius 1 is 1.33 bits per heavy atom. The predicted octanol–water partition coefficient (Wildman–Crippen LogP) is 4.28. The fraction of sp³-hybridized carbons (Fsp3) is 0.111. The van der Waals surface area contributed by atoms with Crippen LogP contribution in [0.3, 0.4) is 0 Å². The Kier molecular flexibility index (Phi) is 4.88. The first-order chi connectivity index (χ1) is 11.5. The van der Waals surface area contributed by atoms with Crippen molar-refractivity contribution < 1.29 is 4.79 Å². The molecule has 24 heavy (non-hydrogen) atoms. The third kappa shape index (κ3) is 3.78. The zero-order valence-corrected chi connectivity index (χ0v) is 14.5. The molecule has 1 aromatic carbocycles. The van der Waals surface area contributed by atoms with E-state index in [0.717, 1.165) is 22.5 Å². The molecule has 4 nitrogen and oxygen atoms in total. The molecule has 0 aliphatic carbocycles. The maximum absolute atomic E-state index is 11.9. The van der Waals surface area contributed by atoms with Crippen LogP contribution < -0.4 is 5.32 Å². The highest BCUT2D eigenvalue weighted by molar-refractivity contribution is 6.35. The van der Waals surface area contributed by atoms with Crippen LogP contribution in [0.4, 0.5) is 0 Å². The Morgan fingerprint density at radius 3 is 2.92 bits per heavy atom. The average Bonchev–Trinajstić information content (AvgIpc) is 2.97. The van der Waals surface area contributed by atoms with E-state index < -0.39 is 0 Å². The van der Waals surface area contributed by atoms with E-state index in [9.17, 15) is 4.79 Å². The Bertz CT molecular complexity index is 931. The van der Waals surface area contributed by atoms with E-state index in [1.165, 1.54) is 6.08 Å². The van der Waals surface area contributed by atoms with Crippen molar-refractivity contribution in [3.8, 4) is 0 Å². The van der Waals surface area contributed by atoms with Gasteiger partial charge >= 0.3 is 0 Å². The van der Waals surface area contributed by atoms with Crippen molar-refractivity contribution in [2.24, 2.45) is 0 Å². The van der Waals surface area contributed by atoms with Crippen LogP contribution in [0, 0.1) is 6.92 Å². The number of amides is 1. The molecule has 0 radical (unpaired) electrons. The van der Waals surface area contributed by atoms with Gasteiger partial charge in [0.1, 0.15) is 5.65 Å². The molecule has 0 spiro atoms. The van der Waals surface area contributed by atoms with Crippen molar-refractivity contribution >= 4 is 40.8 Å². The standard InChI is InChI=1S/C18H15Cl2N3O/c1-12-3-2-8-23-11-15(22-18(12)23)10-21-17(24)7-5-13-4-6-14(19)9-16(13)20/h2-9,11H,10H2,1H3,(H,21,24)/b7-5+. The van der Waals surface area contributed by atoms with Crippen LogP contribution in [0.5, 0.6) is 0 Å². The molecular formula is C18H15Cl2N3O. The number of carbonyl (C=O) groups is 1. The van der Waals surface area contributed by atoms with Crippen LogP contribution in [-0.4, -0.2) is 15.3 Å². The van der Waals surface area contributed by atoms with Gasteiger partial charge in [0, 0.05) is 28.5 Å². The second-order valence-electron chi connectivity index (χ2n) is 5.37. The Labute approximate surface area is 149 Å². The van der Waals surface area contributed by atoms with Crippen molar-refractivity contribution in [2.75, 3.05) is 0 Å². The Hall–Kier alpha value is -2.30. The topological polar surface area (TPSA) is 46.4 Å². The molecule has 0 fully saturated rings. The van der Waals surface area contributed by atoms with Gasteiger partial charge in [-0.3, -0.25) is 4.79 Å². The summed E-state index contributed by atoms with van der Waals surface area (Å²) in [4.78, 5) is 16.5. The first kappa shape index (κ1) is 16.6. The molecule has 3 aromatic rings. The number of fused-ring (bicyclic) bond motifs is 1. The summed E-state index contributed by atoms with van der Waals surface area (Å²) in [6.45, 7) is 2.36. The number of benzene rings is 1.